The van der Waals surface area contributed by atoms with Gasteiger partial charge in [-0.05, 0) is 25.0 Å². The van der Waals surface area contributed by atoms with E-state index in [1.807, 2.05) is 6.07 Å². The number of para-hydroxylation sites is 1. The van der Waals surface area contributed by atoms with Gasteiger partial charge in [0.05, 0.1) is 11.3 Å². The van der Waals surface area contributed by atoms with Crippen molar-refractivity contribution in [2.45, 2.75) is 19.3 Å². The normalized spacial score (nSPS) is 9.50. The number of unbranched alkanes of at least 4 members (excludes halogenated alkanes) is 1. The number of alkyl halides is 1. The summed E-state index contributed by atoms with van der Waals surface area (Å²) in [6.07, 6.45) is 2.03. The predicted octanol–water partition coefficient (Wildman–Crippen LogP) is 2.91. The quantitative estimate of drug-likeness (QED) is 0.631. The molecule has 0 atom stereocenters. The van der Waals surface area contributed by atoms with Crippen molar-refractivity contribution in [3.8, 4) is 6.07 Å². The summed E-state index contributed by atoms with van der Waals surface area (Å²) in [6.45, 7) is 0. The number of hydrogen-bond acceptors (Lipinski definition) is 2. The first-order valence-electron chi connectivity index (χ1n) is 5.13. The highest BCUT2D eigenvalue weighted by Gasteiger charge is 2.05. The van der Waals surface area contributed by atoms with Crippen molar-refractivity contribution in [3.63, 3.8) is 0 Å². The Morgan fingerprint density at radius 1 is 1.38 bits per heavy atom. The van der Waals surface area contributed by atoms with E-state index in [0.29, 0.717) is 23.6 Å². The van der Waals surface area contributed by atoms with Gasteiger partial charge in [-0.15, -0.1) is 11.6 Å². The first-order valence-corrected chi connectivity index (χ1v) is 5.66. The van der Waals surface area contributed by atoms with Crippen molar-refractivity contribution in [3.05, 3.63) is 29.8 Å². The Morgan fingerprint density at radius 3 is 2.81 bits per heavy atom. The number of halogens is 1. The first kappa shape index (κ1) is 12.5. The third kappa shape index (κ3) is 3.92. The van der Waals surface area contributed by atoms with Crippen molar-refractivity contribution in [1.29, 1.82) is 5.26 Å². The van der Waals surface area contributed by atoms with Gasteiger partial charge in [-0.25, -0.2) is 0 Å². The summed E-state index contributed by atoms with van der Waals surface area (Å²) in [6, 6.07) is 8.98. The van der Waals surface area contributed by atoms with Crippen LogP contribution in [-0.2, 0) is 4.79 Å². The van der Waals surface area contributed by atoms with E-state index in [-0.39, 0.29) is 5.91 Å². The molecule has 1 aromatic carbocycles. The molecule has 4 heteroatoms. The summed E-state index contributed by atoms with van der Waals surface area (Å²) in [4.78, 5) is 11.5. The number of benzene rings is 1. The maximum absolute atomic E-state index is 11.5. The summed E-state index contributed by atoms with van der Waals surface area (Å²) in [7, 11) is 0. The second-order valence-electron chi connectivity index (χ2n) is 3.35. The molecule has 0 saturated heterocycles. The molecule has 0 aromatic heterocycles. The minimum Gasteiger partial charge on any atom is -0.325 e. The summed E-state index contributed by atoms with van der Waals surface area (Å²) in [5.74, 6) is 0.495. The Kier molecular flexibility index (Phi) is 5.38. The van der Waals surface area contributed by atoms with E-state index in [1.54, 1.807) is 24.3 Å². The number of amides is 1. The average molecular weight is 237 g/mol. The monoisotopic (exact) mass is 236 g/mol. The van der Waals surface area contributed by atoms with Gasteiger partial charge in [0.2, 0.25) is 5.91 Å². The molecule has 1 N–H and O–H groups in total. The SMILES string of the molecule is N#Cc1ccccc1NC(=O)CCCCCl. The molecule has 1 amide bonds. The molecule has 3 nitrogen and oxygen atoms in total. The molecule has 0 aliphatic heterocycles. The summed E-state index contributed by atoms with van der Waals surface area (Å²) < 4.78 is 0. The molecular weight excluding hydrogens is 224 g/mol. The lowest BCUT2D eigenvalue weighted by Gasteiger charge is -2.05. The van der Waals surface area contributed by atoms with E-state index >= 15 is 0 Å². The van der Waals surface area contributed by atoms with Crippen molar-refractivity contribution in [2.24, 2.45) is 0 Å². The van der Waals surface area contributed by atoms with Crippen LogP contribution in [0.5, 0.6) is 0 Å². The zero-order valence-electron chi connectivity index (χ0n) is 8.87. The number of anilines is 1. The van der Waals surface area contributed by atoms with Gasteiger partial charge in [0.1, 0.15) is 6.07 Å². The fourth-order valence-corrected chi connectivity index (χ4v) is 1.47. The molecule has 0 heterocycles. The molecule has 0 spiro atoms. The third-order valence-electron chi connectivity index (χ3n) is 2.11. The number of nitrogens with one attached hydrogen (secondary N) is 1. The van der Waals surface area contributed by atoms with Gasteiger partial charge in [0.15, 0.2) is 0 Å². The van der Waals surface area contributed by atoms with Gasteiger partial charge >= 0.3 is 0 Å². The number of carbonyl (C=O) groups is 1. The van der Waals surface area contributed by atoms with Gasteiger partial charge in [-0.2, -0.15) is 5.26 Å². The zero-order valence-corrected chi connectivity index (χ0v) is 9.63. The van der Waals surface area contributed by atoms with E-state index < -0.39 is 0 Å². The highest BCUT2D eigenvalue weighted by atomic mass is 35.5. The first-order chi connectivity index (χ1) is 7.77. The lowest BCUT2D eigenvalue weighted by atomic mass is 10.2. The van der Waals surface area contributed by atoms with Crippen LogP contribution in [0.4, 0.5) is 5.69 Å². The summed E-state index contributed by atoms with van der Waals surface area (Å²) >= 11 is 5.52. The lowest BCUT2D eigenvalue weighted by molar-refractivity contribution is -0.116. The Morgan fingerprint density at radius 2 is 2.12 bits per heavy atom. The average Bonchev–Trinajstić information content (AvgIpc) is 2.30. The standard InChI is InChI=1S/C12H13ClN2O/c13-8-4-3-7-12(16)15-11-6-2-1-5-10(11)9-14/h1-2,5-6H,3-4,7-8H2,(H,15,16). The maximum Gasteiger partial charge on any atom is 0.224 e. The number of nitrogens with zero attached hydrogens (tertiary/aromatic N) is 1. The molecule has 1 aromatic rings. The van der Waals surface area contributed by atoms with Crippen LogP contribution in [0.2, 0.25) is 0 Å². The molecule has 0 unspecified atom stereocenters. The smallest absolute Gasteiger partial charge is 0.224 e. The van der Waals surface area contributed by atoms with E-state index in [0.717, 1.165) is 12.8 Å². The number of carbonyl (C=O) groups excluding carboxylic acids is 1. The number of hydrogen-bond donors (Lipinski definition) is 1. The molecule has 0 fully saturated rings. The van der Waals surface area contributed by atoms with Crippen LogP contribution < -0.4 is 5.32 Å². The Hall–Kier alpha value is -1.53. The lowest BCUT2D eigenvalue weighted by Crippen LogP contribution is -2.12. The van der Waals surface area contributed by atoms with Crippen LogP contribution in [0, 0.1) is 11.3 Å². The van der Waals surface area contributed by atoms with Crippen molar-refractivity contribution < 1.29 is 4.79 Å². The second-order valence-corrected chi connectivity index (χ2v) is 3.73. The largest absolute Gasteiger partial charge is 0.325 e. The van der Waals surface area contributed by atoms with Gasteiger partial charge < -0.3 is 5.32 Å². The molecule has 84 valence electrons. The van der Waals surface area contributed by atoms with Crippen LogP contribution in [0.25, 0.3) is 0 Å². The summed E-state index contributed by atoms with van der Waals surface area (Å²) in [5, 5.41) is 11.5. The van der Waals surface area contributed by atoms with Crippen LogP contribution in [0.1, 0.15) is 24.8 Å². The molecule has 16 heavy (non-hydrogen) atoms. The molecule has 0 bridgehead atoms. The Balaban J connectivity index is 2.53. The Bertz CT molecular complexity index is 398. The minimum absolute atomic E-state index is 0.0761. The van der Waals surface area contributed by atoms with Crippen LogP contribution >= 0.6 is 11.6 Å². The molecular formula is C12H13ClN2O. The number of rotatable bonds is 5. The Labute approximate surface area is 100 Å². The minimum atomic E-state index is -0.0761. The van der Waals surface area contributed by atoms with Gasteiger partial charge in [-0.3, -0.25) is 4.79 Å². The van der Waals surface area contributed by atoms with Gasteiger partial charge in [0.25, 0.3) is 0 Å². The van der Waals surface area contributed by atoms with Gasteiger partial charge in [-0.1, -0.05) is 12.1 Å². The third-order valence-corrected chi connectivity index (χ3v) is 2.38. The van der Waals surface area contributed by atoms with E-state index in [9.17, 15) is 4.79 Å². The topological polar surface area (TPSA) is 52.9 Å². The molecule has 0 aliphatic rings. The predicted molar refractivity (Wildman–Crippen MR) is 64.4 cm³/mol. The fourth-order valence-electron chi connectivity index (χ4n) is 1.28. The van der Waals surface area contributed by atoms with Crippen LogP contribution in [0.15, 0.2) is 24.3 Å². The van der Waals surface area contributed by atoms with E-state index in [2.05, 4.69) is 5.32 Å². The highest BCUT2D eigenvalue weighted by Crippen LogP contribution is 2.14. The second kappa shape index (κ2) is 6.86. The van der Waals surface area contributed by atoms with E-state index in [1.165, 1.54) is 0 Å². The zero-order chi connectivity index (χ0) is 11.8. The van der Waals surface area contributed by atoms with Gasteiger partial charge in [0, 0.05) is 12.3 Å². The molecule has 0 aliphatic carbocycles. The van der Waals surface area contributed by atoms with Crippen LogP contribution in [-0.4, -0.2) is 11.8 Å². The molecule has 1 rings (SSSR count). The maximum atomic E-state index is 11.5. The number of nitriles is 1. The van der Waals surface area contributed by atoms with Crippen molar-refractivity contribution >= 4 is 23.2 Å². The van der Waals surface area contributed by atoms with Crippen molar-refractivity contribution in [2.75, 3.05) is 11.2 Å². The molecule has 0 radical (unpaired) electrons. The van der Waals surface area contributed by atoms with Crippen molar-refractivity contribution in [1.82, 2.24) is 0 Å². The summed E-state index contributed by atoms with van der Waals surface area (Å²) in [5.41, 5.74) is 1.05. The molecule has 0 saturated carbocycles. The van der Waals surface area contributed by atoms with E-state index in [4.69, 9.17) is 16.9 Å². The fraction of sp³-hybridized carbons (Fsp3) is 0.333. The van der Waals surface area contributed by atoms with Crippen LogP contribution in [0.3, 0.4) is 0 Å². The highest BCUT2D eigenvalue weighted by molar-refractivity contribution is 6.17.